The summed E-state index contributed by atoms with van der Waals surface area (Å²) in [6.07, 6.45) is 30.0. The van der Waals surface area contributed by atoms with E-state index in [2.05, 4.69) is 31.2 Å². The summed E-state index contributed by atoms with van der Waals surface area (Å²) in [5.74, 6) is 0. The quantitative estimate of drug-likeness (QED) is 0.0578. The van der Waals surface area contributed by atoms with Crippen LogP contribution in [-0.2, 0) is 4.57 Å². The summed E-state index contributed by atoms with van der Waals surface area (Å²) in [5.41, 5.74) is 0. The Hall–Kier alpha value is -0.450. The lowest BCUT2D eigenvalue weighted by molar-refractivity contribution is -0.875. The Morgan fingerprint density at radius 1 is 0.647 bits per heavy atom. The standard InChI is InChI=1S/C28H56NO4P/c1-5-6-7-8-9-10-11-12-13-14-15-16-17-18-19-20-21-22-23-24-25-26-28(30,34(31,32)33)27-29(2,3)4/h8-9,22-23,30H,5-7,10-21,24-27H2,1-4H3,(H-,31,32,33)/p+1/b9-8-,23-22-. The minimum atomic E-state index is -4.57. The Kier molecular flexibility index (Phi) is 19.4. The van der Waals surface area contributed by atoms with Gasteiger partial charge in [0.25, 0.3) is 0 Å². The summed E-state index contributed by atoms with van der Waals surface area (Å²) in [6, 6.07) is 0. The van der Waals surface area contributed by atoms with Gasteiger partial charge in [0, 0.05) is 0 Å². The van der Waals surface area contributed by atoms with E-state index >= 15 is 0 Å². The minimum absolute atomic E-state index is 0.0395. The smallest absolute Gasteiger partial charge is 0.362 e. The molecule has 202 valence electrons. The van der Waals surface area contributed by atoms with E-state index < -0.39 is 12.9 Å². The summed E-state index contributed by atoms with van der Waals surface area (Å²) in [7, 11) is 0.923. The van der Waals surface area contributed by atoms with Crippen LogP contribution >= 0.6 is 7.60 Å². The highest BCUT2D eigenvalue weighted by Crippen LogP contribution is 2.52. The number of unbranched alkanes of at least 4 members (excludes halogenated alkanes) is 14. The predicted molar refractivity (Wildman–Crippen MR) is 147 cm³/mol. The molecule has 34 heavy (non-hydrogen) atoms. The van der Waals surface area contributed by atoms with Crippen LogP contribution in [0.1, 0.15) is 122 Å². The highest BCUT2D eigenvalue weighted by Gasteiger charge is 2.48. The van der Waals surface area contributed by atoms with Crippen LogP contribution in [0.2, 0.25) is 0 Å². The maximum Gasteiger partial charge on any atom is 0.362 e. The number of hydrogen-bond acceptors (Lipinski definition) is 2. The van der Waals surface area contributed by atoms with Crippen LogP contribution in [0, 0.1) is 0 Å². The van der Waals surface area contributed by atoms with Crippen molar-refractivity contribution in [3.8, 4) is 0 Å². The van der Waals surface area contributed by atoms with E-state index in [1.165, 1.54) is 89.9 Å². The summed E-state index contributed by atoms with van der Waals surface area (Å²) >= 11 is 0. The molecule has 0 radical (unpaired) electrons. The van der Waals surface area contributed by atoms with Crippen LogP contribution in [0.4, 0.5) is 0 Å². The molecule has 0 bridgehead atoms. The van der Waals surface area contributed by atoms with Gasteiger partial charge in [-0.15, -0.1) is 0 Å². The van der Waals surface area contributed by atoms with Gasteiger partial charge in [0.1, 0.15) is 6.54 Å². The minimum Gasteiger partial charge on any atom is -0.373 e. The van der Waals surface area contributed by atoms with E-state index in [0.717, 1.165) is 12.8 Å². The lowest BCUT2D eigenvalue weighted by Crippen LogP contribution is -2.49. The topological polar surface area (TPSA) is 77.8 Å². The summed E-state index contributed by atoms with van der Waals surface area (Å²) in [4.78, 5) is 19.2. The van der Waals surface area contributed by atoms with Crippen molar-refractivity contribution in [3.05, 3.63) is 24.3 Å². The van der Waals surface area contributed by atoms with E-state index in [1.54, 1.807) is 0 Å². The highest BCUT2D eigenvalue weighted by molar-refractivity contribution is 7.53. The van der Waals surface area contributed by atoms with Crippen molar-refractivity contribution in [1.82, 2.24) is 0 Å². The number of likely N-dealkylation sites (N-methyl/N-ethyl adjacent to an activating group) is 1. The molecule has 5 nitrogen and oxygen atoms in total. The summed E-state index contributed by atoms with van der Waals surface area (Å²) in [5, 5.41) is 8.60. The van der Waals surface area contributed by atoms with Crippen molar-refractivity contribution in [3.63, 3.8) is 0 Å². The largest absolute Gasteiger partial charge is 0.373 e. The predicted octanol–water partition coefficient (Wildman–Crippen LogP) is 7.71. The van der Waals surface area contributed by atoms with Gasteiger partial charge >= 0.3 is 7.60 Å². The molecule has 0 aromatic carbocycles. The molecule has 6 heteroatoms. The average Bonchev–Trinajstić information content (AvgIpc) is 2.73. The molecule has 0 rings (SSSR count). The SMILES string of the molecule is CCCC/C=C\CCCCCCCCCCCC/C=C\CCCC(O)(C[N+](C)(C)C)P(=O)(O)O. The van der Waals surface area contributed by atoms with Gasteiger partial charge in [-0.3, -0.25) is 4.57 Å². The van der Waals surface area contributed by atoms with Crippen LogP contribution in [0.25, 0.3) is 0 Å². The first-order chi connectivity index (χ1) is 16.0. The molecule has 0 saturated carbocycles. The lowest BCUT2D eigenvalue weighted by Gasteiger charge is -2.35. The van der Waals surface area contributed by atoms with Crippen LogP contribution in [0.5, 0.6) is 0 Å². The second-order valence-electron chi connectivity index (χ2n) is 11.1. The van der Waals surface area contributed by atoms with Crippen molar-refractivity contribution in [2.45, 2.75) is 128 Å². The fraction of sp³-hybridized carbons (Fsp3) is 0.857. The average molecular weight is 503 g/mol. The second-order valence-corrected chi connectivity index (χ2v) is 13.0. The Morgan fingerprint density at radius 3 is 1.35 bits per heavy atom. The van der Waals surface area contributed by atoms with Crippen molar-refractivity contribution in [2.75, 3.05) is 27.7 Å². The van der Waals surface area contributed by atoms with Gasteiger partial charge in [-0.25, -0.2) is 0 Å². The third kappa shape index (κ3) is 19.8. The van der Waals surface area contributed by atoms with Gasteiger partial charge in [0.2, 0.25) is 5.34 Å². The Morgan fingerprint density at radius 2 is 1.00 bits per heavy atom. The van der Waals surface area contributed by atoms with Gasteiger partial charge in [-0.2, -0.15) is 0 Å². The number of nitrogens with zero attached hydrogens (tertiary/aromatic N) is 1. The van der Waals surface area contributed by atoms with Crippen LogP contribution in [0.3, 0.4) is 0 Å². The third-order valence-corrected chi connectivity index (χ3v) is 7.72. The Balaban J connectivity index is 3.60. The maximum atomic E-state index is 11.8. The molecule has 0 aromatic heterocycles. The molecule has 0 aromatic rings. The van der Waals surface area contributed by atoms with E-state index in [4.69, 9.17) is 0 Å². The van der Waals surface area contributed by atoms with Gasteiger partial charge in [0.15, 0.2) is 0 Å². The van der Waals surface area contributed by atoms with Crippen molar-refractivity contribution in [2.24, 2.45) is 0 Å². The molecule has 0 heterocycles. The molecule has 0 fully saturated rings. The molecule has 0 amide bonds. The zero-order valence-electron chi connectivity index (χ0n) is 22.9. The van der Waals surface area contributed by atoms with Gasteiger partial charge < -0.3 is 19.4 Å². The Labute approximate surface area is 211 Å². The molecular formula is C28H57NO4P+. The van der Waals surface area contributed by atoms with E-state index in [0.29, 0.717) is 10.9 Å². The van der Waals surface area contributed by atoms with Gasteiger partial charge in [0.05, 0.1) is 21.1 Å². The molecule has 0 aliphatic rings. The van der Waals surface area contributed by atoms with Crippen LogP contribution in [-0.4, -0.2) is 52.4 Å². The highest BCUT2D eigenvalue weighted by atomic mass is 31.2. The van der Waals surface area contributed by atoms with Crippen molar-refractivity contribution < 1.29 is 23.9 Å². The van der Waals surface area contributed by atoms with Gasteiger partial charge in [-0.05, 0) is 51.4 Å². The van der Waals surface area contributed by atoms with Crippen LogP contribution < -0.4 is 0 Å². The summed E-state index contributed by atoms with van der Waals surface area (Å²) < 4.78 is 12.1. The first-order valence-corrected chi connectivity index (χ1v) is 15.5. The van der Waals surface area contributed by atoms with E-state index in [1.807, 2.05) is 21.1 Å². The molecular weight excluding hydrogens is 445 g/mol. The molecule has 0 saturated heterocycles. The molecule has 0 aliphatic carbocycles. The number of hydrogen-bond donors (Lipinski definition) is 3. The van der Waals surface area contributed by atoms with Crippen LogP contribution in [0.15, 0.2) is 24.3 Å². The monoisotopic (exact) mass is 502 g/mol. The van der Waals surface area contributed by atoms with E-state index in [-0.39, 0.29) is 13.0 Å². The third-order valence-electron chi connectivity index (χ3n) is 6.27. The zero-order valence-corrected chi connectivity index (χ0v) is 23.8. The molecule has 3 N–H and O–H groups in total. The number of allylic oxidation sites excluding steroid dienone is 4. The molecule has 1 unspecified atom stereocenters. The number of aliphatic hydroxyl groups is 1. The number of quaternary nitrogens is 1. The maximum absolute atomic E-state index is 11.8. The lowest BCUT2D eigenvalue weighted by atomic mass is 10.0. The normalized spacial score (nSPS) is 14.9. The molecule has 1 atom stereocenters. The van der Waals surface area contributed by atoms with Crippen molar-refractivity contribution in [1.29, 1.82) is 0 Å². The molecule has 0 aliphatic heterocycles. The number of rotatable bonds is 23. The zero-order chi connectivity index (χ0) is 25.8. The van der Waals surface area contributed by atoms with Crippen molar-refractivity contribution >= 4 is 7.60 Å². The fourth-order valence-electron chi connectivity index (χ4n) is 4.31. The fourth-order valence-corrected chi connectivity index (χ4v) is 5.37. The van der Waals surface area contributed by atoms with E-state index in [9.17, 15) is 19.5 Å². The molecule has 0 spiro atoms. The first-order valence-electron chi connectivity index (χ1n) is 13.9. The first kappa shape index (κ1) is 33.5. The second kappa shape index (κ2) is 19.7. The van der Waals surface area contributed by atoms with Gasteiger partial charge in [-0.1, -0.05) is 95.4 Å². The Bertz CT molecular complexity index is 579. The summed E-state index contributed by atoms with van der Waals surface area (Å²) in [6.45, 7) is 2.28.